The molecule has 0 bridgehead atoms. The molecule has 0 spiro atoms. The fourth-order valence-electron chi connectivity index (χ4n) is 3.31. The highest BCUT2D eigenvalue weighted by molar-refractivity contribution is 6.06. The number of urea groups is 1. The molecule has 112 valence electrons. The fourth-order valence-corrected chi connectivity index (χ4v) is 3.31. The Hall–Kier alpha value is -1.84. The summed E-state index contributed by atoms with van der Waals surface area (Å²) in [5.41, 5.74) is 1.43. The first-order chi connectivity index (χ1) is 10.3. The molecular weight excluding hydrogens is 264 g/mol. The Morgan fingerprint density at radius 1 is 1.10 bits per heavy atom. The highest BCUT2D eigenvalue weighted by atomic mass is 16.2. The third-order valence-corrected chi connectivity index (χ3v) is 4.46. The van der Waals surface area contributed by atoms with Crippen LogP contribution in [0, 0.1) is 0 Å². The van der Waals surface area contributed by atoms with Crippen LogP contribution in [0.5, 0.6) is 0 Å². The number of fused-ring (bicyclic) bond motifs is 1. The molecule has 4 nitrogen and oxygen atoms in total. The highest BCUT2D eigenvalue weighted by Gasteiger charge is 2.26. The van der Waals surface area contributed by atoms with Crippen LogP contribution in [0.1, 0.15) is 55.3 Å². The lowest BCUT2D eigenvalue weighted by molar-refractivity contribution is 0.0983. The topological polar surface area (TPSA) is 49.4 Å². The number of ketones is 1. The third-order valence-electron chi connectivity index (χ3n) is 4.46. The first-order valence-corrected chi connectivity index (χ1v) is 7.96. The van der Waals surface area contributed by atoms with E-state index >= 15 is 0 Å². The van der Waals surface area contributed by atoms with Crippen molar-refractivity contribution in [2.24, 2.45) is 0 Å². The lowest BCUT2D eigenvalue weighted by Crippen LogP contribution is -2.46. The average molecular weight is 286 g/mol. The molecule has 2 aliphatic rings. The van der Waals surface area contributed by atoms with Gasteiger partial charge < -0.3 is 5.32 Å². The zero-order chi connectivity index (χ0) is 14.7. The number of hydrogen-bond acceptors (Lipinski definition) is 2. The van der Waals surface area contributed by atoms with Crippen LogP contribution in [-0.2, 0) is 0 Å². The van der Waals surface area contributed by atoms with Crippen molar-refractivity contribution in [3.63, 3.8) is 0 Å². The number of carbonyl (C=O) groups excluding carboxylic acids is 2. The van der Waals surface area contributed by atoms with Crippen molar-refractivity contribution >= 4 is 17.5 Å². The first-order valence-electron chi connectivity index (χ1n) is 7.96. The lowest BCUT2D eigenvalue weighted by Gasteiger charge is -2.28. The minimum Gasteiger partial charge on any atom is -0.335 e. The van der Waals surface area contributed by atoms with Gasteiger partial charge in [0.1, 0.15) is 0 Å². The summed E-state index contributed by atoms with van der Waals surface area (Å²) in [4.78, 5) is 26.4. The third kappa shape index (κ3) is 3.09. The largest absolute Gasteiger partial charge is 0.335 e. The van der Waals surface area contributed by atoms with Gasteiger partial charge in [0, 0.05) is 24.6 Å². The number of nitrogens with zero attached hydrogens (tertiary/aromatic N) is 1. The van der Waals surface area contributed by atoms with E-state index in [1.165, 1.54) is 19.3 Å². The van der Waals surface area contributed by atoms with Crippen molar-refractivity contribution in [2.45, 2.75) is 51.0 Å². The Kier molecular flexibility index (Phi) is 4.23. The van der Waals surface area contributed by atoms with Gasteiger partial charge in [0.15, 0.2) is 5.78 Å². The molecule has 1 fully saturated rings. The van der Waals surface area contributed by atoms with Gasteiger partial charge in [-0.1, -0.05) is 31.4 Å². The molecule has 0 aromatic heterocycles. The van der Waals surface area contributed by atoms with Crippen LogP contribution in [0.15, 0.2) is 24.3 Å². The van der Waals surface area contributed by atoms with Gasteiger partial charge in [0.05, 0.1) is 5.69 Å². The fraction of sp³-hybridized carbons (Fsp3) is 0.529. The molecule has 0 unspecified atom stereocenters. The van der Waals surface area contributed by atoms with E-state index in [1.54, 1.807) is 4.90 Å². The monoisotopic (exact) mass is 286 g/mol. The van der Waals surface area contributed by atoms with Gasteiger partial charge in [0.25, 0.3) is 0 Å². The molecule has 1 aliphatic carbocycles. The van der Waals surface area contributed by atoms with E-state index in [0.717, 1.165) is 24.9 Å². The van der Waals surface area contributed by atoms with E-state index in [1.807, 2.05) is 24.3 Å². The number of nitrogens with one attached hydrogen (secondary N) is 1. The Morgan fingerprint density at radius 2 is 1.86 bits per heavy atom. The van der Waals surface area contributed by atoms with Crippen LogP contribution in [0.4, 0.5) is 10.5 Å². The van der Waals surface area contributed by atoms with Crippen molar-refractivity contribution < 1.29 is 9.59 Å². The van der Waals surface area contributed by atoms with Gasteiger partial charge in [-0.05, 0) is 31.4 Å². The number of benzene rings is 1. The summed E-state index contributed by atoms with van der Waals surface area (Å²) in [5, 5.41) is 3.15. The summed E-state index contributed by atoms with van der Waals surface area (Å²) in [6, 6.07) is 7.68. The molecule has 1 saturated carbocycles. The molecular formula is C17H22N2O2. The number of para-hydroxylation sites is 1. The van der Waals surface area contributed by atoms with E-state index in [9.17, 15) is 9.59 Å². The summed E-state index contributed by atoms with van der Waals surface area (Å²) >= 11 is 0. The van der Waals surface area contributed by atoms with Crippen molar-refractivity contribution in [3.8, 4) is 0 Å². The molecule has 1 heterocycles. The van der Waals surface area contributed by atoms with Gasteiger partial charge >= 0.3 is 6.03 Å². The van der Waals surface area contributed by atoms with Crippen LogP contribution in [-0.4, -0.2) is 24.4 Å². The number of hydrogen-bond donors (Lipinski definition) is 1. The molecule has 0 radical (unpaired) electrons. The summed E-state index contributed by atoms with van der Waals surface area (Å²) in [5.74, 6) is 0.138. The summed E-state index contributed by atoms with van der Waals surface area (Å²) in [7, 11) is 0. The minimum atomic E-state index is -0.0518. The van der Waals surface area contributed by atoms with Gasteiger partial charge in [-0.2, -0.15) is 0 Å². The predicted molar refractivity (Wildman–Crippen MR) is 82.8 cm³/mol. The second-order valence-electron chi connectivity index (χ2n) is 5.98. The van der Waals surface area contributed by atoms with E-state index < -0.39 is 0 Å². The number of anilines is 1. The number of carbonyl (C=O) groups is 2. The molecule has 1 aromatic rings. The quantitative estimate of drug-likeness (QED) is 0.858. The average Bonchev–Trinajstić information content (AvgIpc) is 2.68. The molecule has 0 atom stereocenters. The van der Waals surface area contributed by atoms with E-state index in [2.05, 4.69) is 5.32 Å². The Bertz CT molecular complexity index is 535. The second kappa shape index (κ2) is 6.29. The molecule has 0 saturated heterocycles. The number of Topliss-reactive ketones (excluding diaryl/α,β-unsaturated/α-hetero) is 1. The van der Waals surface area contributed by atoms with Gasteiger partial charge in [-0.25, -0.2) is 4.79 Å². The maximum absolute atomic E-state index is 12.6. The molecule has 2 amide bonds. The molecule has 1 aliphatic heterocycles. The zero-order valence-corrected chi connectivity index (χ0v) is 12.3. The van der Waals surface area contributed by atoms with Crippen LogP contribution in [0.25, 0.3) is 0 Å². The lowest BCUT2D eigenvalue weighted by atomic mass is 9.96. The Balaban J connectivity index is 1.78. The summed E-state index contributed by atoms with van der Waals surface area (Å²) < 4.78 is 0. The van der Waals surface area contributed by atoms with E-state index in [4.69, 9.17) is 0 Å². The smallest absolute Gasteiger partial charge is 0.322 e. The SMILES string of the molecule is O=C1CCCN(C(=O)NC2CCCCC2)c2ccccc21. The number of amides is 2. The maximum Gasteiger partial charge on any atom is 0.322 e. The molecule has 1 N–H and O–H groups in total. The summed E-state index contributed by atoms with van der Waals surface area (Å²) in [6.07, 6.45) is 7.05. The van der Waals surface area contributed by atoms with Crippen molar-refractivity contribution in [2.75, 3.05) is 11.4 Å². The second-order valence-corrected chi connectivity index (χ2v) is 5.98. The van der Waals surface area contributed by atoms with Crippen LogP contribution in [0.3, 0.4) is 0 Å². The Labute approximate surface area is 125 Å². The molecule has 21 heavy (non-hydrogen) atoms. The minimum absolute atomic E-state index is 0.0518. The van der Waals surface area contributed by atoms with Gasteiger partial charge in [-0.15, -0.1) is 0 Å². The van der Waals surface area contributed by atoms with Crippen LogP contribution in [0.2, 0.25) is 0 Å². The van der Waals surface area contributed by atoms with Gasteiger partial charge in [0.2, 0.25) is 0 Å². The highest BCUT2D eigenvalue weighted by Crippen LogP contribution is 2.26. The van der Waals surface area contributed by atoms with Crippen LogP contribution >= 0.6 is 0 Å². The molecule has 4 heteroatoms. The van der Waals surface area contributed by atoms with Crippen molar-refractivity contribution in [1.29, 1.82) is 0 Å². The van der Waals surface area contributed by atoms with Crippen molar-refractivity contribution in [1.82, 2.24) is 5.32 Å². The van der Waals surface area contributed by atoms with Gasteiger partial charge in [-0.3, -0.25) is 9.69 Å². The van der Waals surface area contributed by atoms with E-state index in [-0.39, 0.29) is 17.9 Å². The van der Waals surface area contributed by atoms with Crippen LogP contribution < -0.4 is 10.2 Å². The van der Waals surface area contributed by atoms with Crippen molar-refractivity contribution in [3.05, 3.63) is 29.8 Å². The summed E-state index contributed by atoms with van der Waals surface area (Å²) in [6.45, 7) is 0.612. The maximum atomic E-state index is 12.6. The molecule has 1 aromatic carbocycles. The number of rotatable bonds is 1. The predicted octanol–water partition coefficient (Wildman–Crippen LogP) is 3.51. The standard InChI is InChI=1S/C17H22N2O2/c20-16-11-6-12-19(15-10-5-4-9-14(15)16)17(21)18-13-7-2-1-3-8-13/h4-5,9-10,13H,1-3,6-8,11-12H2,(H,18,21). The normalized spacial score (nSPS) is 19.8. The molecule has 3 rings (SSSR count). The first kappa shape index (κ1) is 14.1. The Morgan fingerprint density at radius 3 is 2.67 bits per heavy atom. The van der Waals surface area contributed by atoms with E-state index in [0.29, 0.717) is 18.5 Å². The zero-order valence-electron chi connectivity index (χ0n) is 12.3.